The zero-order valence-electron chi connectivity index (χ0n) is 9.42. The van der Waals surface area contributed by atoms with Gasteiger partial charge in [-0.05, 0) is 49.6 Å². The molecule has 2 atom stereocenters. The van der Waals surface area contributed by atoms with Crippen molar-refractivity contribution in [2.75, 3.05) is 6.54 Å². The van der Waals surface area contributed by atoms with Gasteiger partial charge < -0.3 is 10.1 Å². The SMILES string of the molecule is C[C@]1(C2CCCN2)OCc2cc(F)ccc21. The normalized spacial score (nSPS) is 33.0. The average Bonchev–Trinajstić information content (AvgIpc) is 2.87. The Morgan fingerprint density at radius 3 is 3.12 bits per heavy atom. The quantitative estimate of drug-likeness (QED) is 0.785. The van der Waals surface area contributed by atoms with Crippen molar-refractivity contribution in [3.05, 3.63) is 35.1 Å². The predicted molar refractivity (Wildman–Crippen MR) is 59.6 cm³/mol. The van der Waals surface area contributed by atoms with Crippen molar-refractivity contribution in [1.29, 1.82) is 0 Å². The summed E-state index contributed by atoms with van der Waals surface area (Å²) in [5.74, 6) is -0.175. The van der Waals surface area contributed by atoms with E-state index in [1.165, 1.54) is 12.5 Å². The summed E-state index contributed by atoms with van der Waals surface area (Å²) in [4.78, 5) is 0. The Balaban J connectivity index is 2.00. The van der Waals surface area contributed by atoms with E-state index >= 15 is 0 Å². The number of hydrogen-bond acceptors (Lipinski definition) is 2. The minimum absolute atomic E-state index is 0.175. The van der Waals surface area contributed by atoms with E-state index in [0.29, 0.717) is 12.6 Å². The number of benzene rings is 1. The van der Waals surface area contributed by atoms with Crippen LogP contribution in [0.4, 0.5) is 4.39 Å². The molecule has 1 aromatic rings. The first-order valence-corrected chi connectivity index (χ1v) is 5.86. The van der Waals surface area contributed by atoms with E-state index in [0.717, 1.165) is 24.1 Å². The summed E-state index contributed by atoms with van der Waals surface area (Å²) in [7, 11) is 0. The Hall–Kier alpha value is -0.930. The van der Waals surface area contributed by atoms with Gasteiger partial charge in [0.25, 0.3) is 0 Å². The van der Waals surface area contributed by atoms with Gasteiger partial charge >= 0.3 is 0 Å². The van der Waals surface area contributed by atoms with Gasteiger partial charge in [0.2, 0.25) is 0 Å². The highest BCUT2D eigenvalue weighted by molar-refractivity contribution is 5.37. The van der Waals surface area contributed by atoms with Crippen molar-refractivity contribution in [3.63, 3.8) is 0 Å². The molecule has 0 spiro atoms. The molecule has 3 rings (SSSR count). The minimum atomic E-state index is -0.278. The highest BCUT2D eigenvalue weighted by Crippen LogP contribution is 2.41. The third kappa shape index (κ3) is 1.39. The summed E-state index contributed by atoms with van der Waals surface area (Å²) in [6.07, 6.45) is 2.33. The molecule has 1 unspecified atom stereocenters. The molecule has 1 aromatic carbocycles. The van der Waals surface area contributed by atoms with Gasteiger partial charge in [0.05, 0.1) is 6.61 Å². The van der Waals surface area contributed by atoms with Gasteiger partial charge in [-0.25, -0.2) is 4.39 Å². The molecule has 0 aromatic heterocycles. The van der Waals surface area contributed by atoms with Crippen molar-refractivity contribution in [2.24, 2.45) is 0 Å². The molecule has 86 valence electrons. The van der Waals surface area contributed by atoms with Gasteiger partial charge in [-0.3, -0.25) is 0 Å². The second-order valence-electron chi connectivity index (χ2n) is 4.85. The first kappa shape index (κ1) is 10.2. The minimum Gasteiger partial charge on any atom is -0.364 e. The fourth-order valence-corrected chi connectivity index (χ4v) is 2.91. The molecule has 0 radical (unpaired) electrons. The smallest absolute Gasteiger partial charge is 0.123 e. The maximum atomic E-state index is 13.1. The van der Waals surface area contributed by atoms with Crippen molar-refractivity contribution in [3.8, 4) is 0 Å². The monoisotopic (exact) mass is 221 g/mol. The molecule has 0 bridgehead atoms. The number of rotatable bonds is 1. The van der Waals surface area contributed by atoms with Crippen LogP contribution in [0.5, 0.6) is 0 Å². The van der Waals surface area contributed by atoms with Crippen molar-refractivity contribution < 1.29 is 9.13 Å². The number of ether oxygens (including phenoxy) is 1. The summed E-state index contributed by atoms with van der Waals surface area (Å²) in [6, 6.07) is 5.35. The lowest BCUT2D eigenvalue weighted by atomic mass is 9.86. The predicted octanol–water partition coefficient (Wildman–Crippen LogP) is 2.32. The Morgan fingerprint density at radius 1 is 1.50 bits per heavy atom. The maximum Gasteiger partial charge on any atom is 0.123 e. The van der Waals surface area contributed by atoms with Gasteiger partial charge in [-0.2, -0.15) is 0 Å². The lowest BCUT2D eigenvalue weighted by molar-refractivity contribution is -0.0471. The zero-order chi connectivity index (χ0) is 11.2. The third-order valence-corrected chi connectivity index (χ3v) is 3.85. The van der Waals surface area contributed by atoms with Crippen LogP contribution in [0.1, 0.15) is 30.9 Å². The molecule has 0 saturated carbocycles. The van der Waals surface area contributed by atoms with Crippen LogP contribution in [0.2, 0.25) is 0 Å². The number of halogens is 1. The third-order valence-electron chi connectivity index (χ3n) is 3.85. The fraction of sp³-hybridized carbons (Fsp3) is 0.538. The second-order valence-corrected chi connectivity index (χ2v) is 4.85. The average molecular weight is 221 g/mol. The van der Waals surface area contributed by atoms with Gasteiger partial charge in [0.1, 0.15) is 11.4 Å². The number of fused-ring (bicyclic) bond motifs is 1. The van der Waals surface area contributed by atoms with Crippen LogP contribution in [0.25, 0.3) is 0 Å². The second kappa shape index (κ2) is 3.54. The van der Waals surface area contributed by atoms with Crippen molar-refractivity contribution >= 4 is 0 Å². The molecular weight excluding hydrogens is 205 g/mol. The summed E-state index contributed by atoms with van der Waals surface area (Å²) >= 11 is 0. The van der Waals surface area contributed by atoms with Crippen LogP contribution in [-0.4, -0.2) is 12.6 Å². The standard InChI is InChI=1S/C13H16FNO/c1-13(12-3-2-6-15-12)11-5-4-10(14)7-9(11)8-16-13/h4-5,7,12,15H,2-3,6,8H2,1H3/t12?,13-/m0/s1. The van der Waals surface area contributed by atoms with E-state index in [9.17, 15) is 4.39 Å². The van der Waals surface area contributed by atoms with Crippen LogP contribution >= 0.6 is 0 Å². The molecule has 2 nitrogen and oxygen atoms in total. The Bertz CT molecular complexity index is 414. The van der Waals surface area contributed by atoms with E-state index in [2.05, 4.69) is 12.2 Å². The first-order valence-electron chi connectivity index (χ1n) is 5.86. The molecule has 0 amide bonds. The van der Waals surface area contributed by atoms with Crippen molar-refractivity contribution in [2.45, 2.75) is 38.0 Å². The van der Waals surface area contributed by atoms with Crippen LogP contribution < -0.4 is 5.32 Å². The largest absolute Gasteiger partial charge is 0.364 e. The maximum absolute atomic E-state index is 13.1. The molecular formula is C13H16FNO. The van der Waals surface area contributed by atoms with Gasteiger partial charge in [0, 0.05) is 6.04 Å². The summed E-state index contributed by atoms with van der Waals surface area (Å²) in [5, 5.41) is 3.48. The van der Waals surface area contributed by atoms with Crippen LogP contribution in [0.15, 0.2) is 18.2 Å². The van der Waals surface area contributed by atoms with Gasteiger partial charge in [0.15, 0.2) is 0 Å². The van der Waals surface area contributed by atoms with Crippen LogP contribution in [-0.2, 0) is 16.9 Å². The fourth-order valence-electron chi connectivity index (χ4n) is 2.91. The Kier molecular flexibility index (Phi) is 2.26. The van der Waals surface area contributed by atoms with E-state index < -0.39 is 0 Å². The molecule has 0 aliphatic carbocycles. The molecule has 2 aliphatic rings. The molecule has 2 heterocycles. The highest BCUT2D eigenvalue weighted by atomic mass is 19.1. The first-order chi connectivity index (χ1) is 7.70. The highest BCUT2D eigenvalue weighted by Gasteiger charge is 2.43. The van der Waals surface area contributed by atoms with Gasteiger partial charge in [-0.15, -0.1) is 0 Å². The van der Waals surface area contributed by atoms with E-state index in [4.69, 9.17) is 4.74 Å². The van der Waals surface area contributed by atoms with E-state index in [1.54, 1.807) is 6.07 Å². The Labute approximate surface area is 94.8 Å². The topological polar surface area (TPSA) is 21.3 Å². The molecule has 1 N–H and O–H groups in total. The number of hydrogen-bond donors (Lipinski definition) is 1. The van der Waals surface area contributed by atoms with Crippen molar-refractivity contribution in [1.82, 2.24) is 5.32 Å². The summed E-state index contributed by atoms with van der Waals surface area (Å²) in [6.45, 7) is 3.70. The lowest BCUT2D eigenvalue weighted by Crippen LogP contribution is -2.42. The zero-order valence-corrected chi connectivity index (χ0v) is 9.42. The van der Waals surface area contributed by atoms with Crippen LogP contribution in [0.3, 0.4) is 0 Å². The van der Waals surface area contributed by atoms with E-state index in [1.807, 2.05) is 6.07 Å². The number of nitrogens with one attached hydrogen (secondary N) is 1. The summed E-state index contributed by atoms with van der Waals surface area (Å²) < 4.78 is 19.0. The molecule has 1 fully saturated rings. The molecule has 2 aliphatic heterocycles. The molecule has 3 heteroatoms. The molecule has 1 saturated heterocycles. The van der Waals surface area contributed by atoms with E-state index in [-0.39, 0.29) is 11.4 Å². The van der Waals surface area contributed by atoms with Crippen LogP contribution in [0, 0.1) is 5.82 Å². The Morgan fingerprint density at radius 2 is 2.38 bits per heavy atom. The molecule has 16 heavy (non-hydrogen) atoms. The lowest BCUT2D eigenvalue weighted by Gasteiger charge is -2.31. The summed E-state index contributed by atoms with van der Waals surface area (Å²) in [5.41, 5.74) is 1.86. The van der Waals surface area contributed by atoms with Gasteiger partial charge in [-0.1, -0.05) is 6.07 Å².